The topological polar surface area (TPSA) is 32.3 Å². The number of rotatable bonds is 5. The number of hydrogen-bond donors (Lipinski definition) is 2. The lowest BCUT2D eigenvalue weighted by Crippen LogP contribution is -2.30. The fourth-order valence-corrected chi connectivity index (χ4v) is 3.88. The summed E-state index contributed by atoms with van der Waals surface area (Å²) in [6.07, 6.45) is 1.11. The lowest BCUT2D eigenvalue weighted by Gasteiger charge is -2.19. The zero-order valence-electron chi connectivity index (χ0n) is 11.3. The van der Waals surface area contributed by atoms with E-state index in [0.717, 1.165) is 18.5 Å². The lowest BCUT2D eigenvalue weighted by molar-refractivity contribution is 0.245. The molecule has 0 bridgehead atoms. The van der Waals surface area contributed by atoms with Gasteiger partial charge >= 0.3 is 0 Å². The van der Waals surface area contributed by atoms with Crippen molar-refractivity contribution in [2.45, 2.75) is 22.6 Å². The third kappa shape index (κ3) is 3.06. The number of benzene rings is 2. The molecule has 0 fully saturated rings. The Balaban J connectivity index is 1.58. The molecule has 0 amide bonds. The monoisotopic (exact) mass is 285 g/mol. The van der Waals surface area contributed by atoms with Crippen LogP contribution in [0.4, 0.5) is 0 Å². The molecule has 2 unspecified atom stereocenters. The van der Waals surface area contributed by atoms with Gasteiger partial charge < -0.3 is 10.4 Å². The van der Waals surface area contributed by atoms with Crippen molar-refractivity contribution in [3.8, 4) is 0 Å². The van der Waals surface area contributed by atoms with Crippen LogP contribution in [-0.2, 0) is 6.42 Å². The zero-order valence-corrected chi connectivity index (χ0v) is 12.1. The van der Waals surface area contributed by atoms with Gasteiger partial charge in [-0.3, -0.25) is 0 Å². The molecule has 0 radical (unpaired) electrons. The van der Waals surface area contributed by atoms with E-state index in [4.69, 9.17) is 0 Å². The molecule has 1 aliphatic heterocycles. The fraction of sp³-hybridized carbons (Fsp3) is 0.294. The second-order valence-electron chi connectivity index (χ2n) is 5.11. The van der Waals surface area contributed by atoms with E-state index in [9.17, 15) is 5.11 Å². The number of hydrogen-bond acceptors (Lipinski definition) is 3. The number of aliphatic hydroxyl groups is 1. The van der Waals surface area contributed by atoms with Crippen molar-refractivity contribution in [3.63, 3.8) is 0 Å². The summed E-state index contributed by atoms with van der Waals surface area (Å²) in [5, 5.41) is 13.6. The third-order valence-corrected chi connectivity index (χ3v) is 5.01. The van der Waals surface area contributed by atoms with E-state index < -0.39 is 0 Å². The zero-order chi connectivity index (χ0) is 13.8. The normalized spacial score (nSPS) is 18.8. The minimum absolute atomic E-state index is 0.0283. The molecule has 3 rings (SSSR count). The molecule has 0 aliphatic carbocycles. The van der Waals surface area contributed by atoms with Crippen LogP contribution in [0.1, 0.15) is 17.2 Å². The first-order valence-corrected chi connectivity index (χ1v) is 7.88. The third-order valence-electron chi connectivity index (χ3n) is 3.69. The molecule has 104 valence electrons. The van der Waals surface area contributed by atoms with E-state index in [-0.39, 0.29) is 12.6 Å². The number of aliphatic hydroxyl groups excluding tert-OH is 1. The smallest absolute Gasteiger partial charge is 0.0626 e. The van der Waals surface area contributed by atoms with Crippen LogP contribution in [0.25, 0.3) is 0 Å². The number of nitrogens with one attached hydrogen (secondary N) is 1. The van der Waals surface area contributed by atoms with E-state index >= 15 is 0 Å². The Bertz CT molecular complexity index is 533. The van der Waals surface area contributed by atoms with Crippen LogP contribution in [0.2, 0.25) is 0 Å². The maximum Gasteiger partial charge on any atom is 0.0626 e. The van der Waals surface area contributed by atoms with Gasteiger partial charge in [-0.25, -0.2) is 0 Å². The quantitative estimate of drug-likeness (QED) is 0.885. The standard InChI is InChI=1S/C17H19NOS/c19-12-16(13-6-2-1-3-7-13)18-11-15-10-14-8-4-5-9-17(14)20-15/h1-9,15-16,18-19H,10-12H2. The van der Waals surface area contributed by atoms with Crippen LogP contribution in [0.5, 0.6) is 0 Å². The first-order chi connectivity index (χ1) is 9.86. The van der Waals surface area contributed by atoms with Crippen molar-refractivity contribution in [3.05, 3.63) is 65.7 Å². The van der Waals surface area contributed by atoms with Gasteiger partial charge in [0.25, 0.3) is 0 Å². The summed E-state index contributed by atoms with van der Waals surface area (Å²) in [4.78, 5) is 1.40. The second-order valence-corrected chi connectivity index (χ2v) is 6.45. The Morgan fingerprint density at radius 3 is 2.60 bits per heavy atom. The van der Waals surface area contributed by atoms with Crippen LogP contribution in [0, 0.1) is 0 Å². The first-order valence-electron chi connectivity index (χ1n) is 7.00. The average molecular weight is 285 g/mol. The summed E-state index contributed by atoms with van der Waals surface area (Å²) in [6.45, 7) is 1.05. The number of thioether (sulfide) groups is 1. The van der Waals surface area contributed by atoms with Gasteiger partial charge in [-0.05, 0) is 23.6 Å². The molecule has 1 aliphatic rings. The summed E-state index contributed by atoms with van der Waals surface area (Å²) < 4.78 is 0. The molecule has 2 N–H and O–H groups in total. The molecule has 20 heavy (non-hydrogen) atoms. The summed E-state index contributed by atoms with van der Waals surface area (Å²) >= 11 is 1.94. The van der Waals surface area contributed by atoms with Gasteiger partial charge in [-0.2, -0.15) is 0 Å². The number of fused-ring (bicyclic) bond motifs is 1. The molecule has 2 nitrogen and oxygen atoms in total. The largest absolute Gasteiger partial charge is 0.394 e. The maximum atomic E-state index is 9.56. The van der Waals surface area contributed by atoms with Crippen LogP contribution < -0.4 is 5.32 Å². The summed E-state index contributed by atoms with van der Waals surface area (Å²) in [7, 11) is 0. The molecule has 2 aromatic rings. The fourth-order valence-electron chi connectivity index (χ4n) is 2.61. The van der Waals surface area contributed by atoms with Gasteiger partial charge in [0.1, 0.15) is 0 Å². The minimum Gasteiger partial charge on any atom is -0.394 e. The Hall–Kier alpha value is -1.29. The molecular weight excluding hydrogens is 266 g/mol. The summed E-state index contributed by atoms with van der Waals surface area (Å²) in [5.41, 5.74) is 2.60. The molecule has 2 aromatic carbocycles. The predicted molar refractivity (Wildman–Crippen MR) is 84.1 cm³/mol. The molecule has 0 spiro atoms. The second kappa shape index (κ2) is 6.44. The van der Waals surface area contributed by atoms with Gasteiger partial charge in [0.2, 0.25) is 0 Å². The predicted octanol–water partition coefficient (Wildman–Crippen LogP) is 3.03. The van der Waals surface area contributed by atoms with Crippen LogP contribution in [-0.4, -0.2) is 23.5 Å². The molecule has 0 saturated heterocycles. The van der Waals surface area contributed by atoms with Crippen molar-refractivity contribution >= 4 is 11.8 Å². The molecular formula is C17H19NOS. The average Bonchev–Trinajstić information content (AvgIpc) is 2.92. The van der Waals surface area contributed by atoms with Crippen molar-refractivity contribution in [1.82, 2.24) is 5.32 Å². The van der Waals surface area contributed by atoms with E-state index in [1.165, 1.54) is 10.5 Å². The maximum absolute atomic E-state index is 9.56. The van der Waals surface area contributed by atoms with Gasteiger partial charge in [0.15, 0.2) is 0 Å². The van der Waals surface area contributed by atoms with Crippen LogP contribution >= 0.6 is 11.8 Å². The van der Waals surface area contributed by atoms with E-state index in [1.807, 2.05) is 30.0 Å². The molecule has 0 aromatic heterocycles. The van der Waals surface area contributed by atoms with Gasteiger partial charge in [0, 0.05) is 16.7 Å². The molecule has 2 atom stereocenters. The SMILES string of the molecule is OCC(NCC1Cc2ccccc2S1)c1ccccc1. The Morgan fingerprint density at radius 2 is 1.85 bits per heavy atom. The van der Waals surface area contributed by atoms with E-state index in [2.05, 4.69) is 41.7 Å². The highest BCUT2D eigenvalue weighted by Gasteiger charge is 2.22. The van der Waals surface area contributed by atoms with Crippen molar-refractivity contribution < 1.29 is 5.11 Å². The van der Waals surface area contributed by atoms with Crippen molar-refractivity contribution in [1.29, 1.82) is 0 Å². The van der Waals surface area contributed by atoms with Crippen LogP contribution in [0.15, 0.2) is 59.5 Å². The highest BCUT2D eigenvalue weighted by atomic mass is 32.2. The van der Waals surface area contributed by atoms with Gasteiger partial charge in [-0.1, -0.05) is 48.5 Å². The molecule has 1 heterocycles. The summed E-state index contributed by atoms with van der Waals surface area (Å²) in [6, 6.07) is 18.8. The lowest BCUT2D eigenvalue weighted by atomic mass is 10.1. The van der Waals surface area contributed by atoms with Crippen LogP contribution in [0.3, 0.4) is 0 Å². The Kier molecular flexibility index (Phi) is 4.41. The van der Waals surface area contributed by atoms with E-state index in [0.29, 0.717) is 5.25 Å². The molecule has 0 saturated carbocycles. The van der Waals surface area contributed by atoms with Gasteiger partial charge in [0.05, 0.1) is 12.6 Å². The van der Waals surface area contributed by atoms with Gasteiger partial charge in [-0.15, -0.1) is 11.8 Å². The molecule has 3 heteroatoms. The van der Waals surface area contributed by atoms with E-state index in [1.54, 1.807) is 0 Å². The summed E-state index contributed by atoms with van der Waals surface area (Å²) in [5.74, 6) is 0. The minimum atomic E-state index is 0.0283. The van der Waals surface area contributed by atoms with Crippen molar-refractivity contribution in [2.75, 3.05) is 13.2 Å². The highest BCUT2D eigenvalue weighted by molar-refractivity contribution is 8.00. The Labute approximate surface area is 124 Å². The first kappa shape index (κ1) is 13.7. The highest BCUT2D eigenvalue weighted by Crippen LogP contribution is 2.36. The Morgan fingerprint density at radius 1 is 1.10 bits per heavy atom. The van der Waals surface area contributed by atoms with Crippen molar-refractivity contribution in [2.24, 2.45) is 0 Å².